The number of hydrogen-bond donors (Lipinski definition) is 1. The molecular weight excluding hydrogens is 324 g/mol. The maximum Gasteiger partial charge on any atom is 0.314 e. The molecule has 0 saturated carbocycles. The van der Waals surface area contributed by atoms with E-state index < -0.39 is 0 Å². The van der Waals surface area contributed by atoms with Gasteiger partial charge >= 0.3 is 5.97 Å². The number of hydrogen-bond acceptors (Lipinski definition) is 4. The number of nitrogens with zero attached hydrogens (tertiary/aromatic N) is 1. The molecule has 0 radical (unpaired) electrons. The number of benzene rings is 2. The zero-order chi connectivity index (χ0) is 18.6. The Balaban J connectivity index is 1.91. The molecule has 26 heavy (non-hydrogen) atoms. The van der Waals surface area contributed by atoms with Crippen LogP contribution >= 0.6 is 0 Å². The largest absolute Gasteiger partial charge is 0.464 e. The summed E-state index contributed by atoms with van der Waals surface area (Å²) in [6, 6.07) is 20.1. The van der Waals surface area contributed by atoms with Gasteiger partial charge in [-0.2, -0.15) is 0 Å². The minimum absolute atomic E-state index is 0.163. The van der Waals surface area contributed by atoms with E-state index in [0.717, 1.165) is 31.7 Å². The highest BCUT2D eigenvalue weighted by molar-refractivity contribution is 5.78. The first-order valence-corrected chi connectivity index (χ1v) is 9.43. The van der Waals surface area contributed by atoms with Crippen LogP contribution in [0.2, 0.25) is 0 Å². The molecule has 0 aliphatic carbocycles. The average Bonchev–Trinajstić information content (AvgIpc) is 2.70. The lowest BCUT2D eigenvalue weighted by Gasteiger charge is -2.20. The lowest BCUT2D eigenvalue weighted by molar-refractivity contribution is -0.145. The number of rotatable bonds is 11. The second kappa shape index (κ2) is 11.4. The van der Waals surface area contributed by atoms with E-state index in [9.17, 15) is 4.79 Å². The Hall–Kier alpha value is -2.17. The van der Waals surface area contributed by atoms with E-state index in [1.807, 2.05) is 48.5 Å². The molecule has 4 nitrogen and oxygen atoms in total. The Morgan fingerprint density at radius 3 is 2.23 bits per heavy atom. The third kappa shape index (κ3) is 6.62. The summed E-state index contributed by atoms with van der Waals surface area (Å²) < 4.78 is 5.57. The SMILES string of the molecule is CCN(CC)CCOC(=O)[C@H](CNCc1ccccc1)c1ccccc1. The van der Waals surface area contributed by atoms with Crippen molar-refractivity contribution in [2.75, 3.05) is 32.8 Å². The molecule has 0 fully saturated rings. The molecule has 0 aromatic heterocycles. The van der Waals surface area contributed by atoms with Crippen molar-refractivity contribution in [2.45, 2.75) is 26.3 Å². The number of carbonyl (C=O) groups excluding carboxylic acids is 1. The van der Waals surface area contributed by atoms with Gasteiger partial charge in [-0.05, 0) is 24.2 Å². The molecule has 2 aromatic carbocycles. The summed E-state index contributed by atoms with van der Waals surface area (Å²) in [4.78, 5) is 14.9. The van der Waals surface area contributed by atoms with Crippen LogP contribution in [0.5, 0.6) is 0 Å². The first-order chi connectivity index (χ1) is 12.7. The Bertz CT molecular complexity index is 627. The van der Waals surface area contributed by atoms with Crippen molar-refractivity contribution in [3.63, 3.8) is 0 Å². The fourth-order valence-electron chi connectivity index (χ4n) is 2.90. The van der Waals surface area contributed by atoms with Gasteiger partial charge < -0.3 is 15.0 Å². The maximum absolute atomic E-state index is 12.7. The third-order valence-corrected chi connectivity index (χ3v) is 4.55. The molecular formula is C22H30N2O2. The molecule has 0 unspecified atom stereocenters. The van der Waals surface area contributed by atoms with E-state index in [0.29, 0.717) is 13.2 Å². The number of carbonyl (C=O) groups is 1. The summed E-state index contributed by atoms with van der Waals surface area (Å²) in [5, 5.41) is 3.39. The van der Waals surface area contributed by atoms with E-state index in [2.05, 4.69) is 36.2 Å². The molecule has 1 atom stereocenters. The summed E-state index contributed by atoms with van der Waals surface area (Å²) >= 11 is 0. The molecule has 0 amide bonds. The second-order valence-electron chi connectivity index (χ2n) is 6.27. The predicted molar refractivity (Wildman–Crippen MR) is 106 cm³/mol. The molecule has 140 valence electrons. The van der Waals surface area contributed by atoms with Gasteiger partial charge in [0.05, 0.1) is 5.92 Å². The molecule has 0 aliphatic rings. The van der Waals surface area contributed by atoms with E-state index >= 15 is 0 Å². The maximum atomic E-state index is 12.7. The standard InChI is InChI=1S/C22H30N2O2/c1-3-24(4-2)15-16-26-22(25)21(20-13-9-6-10-14-20)18-23-17-19-11-7-5-8-12-19/h5-14,21,23H,3-4,15-18H2,1-2H3/t21-/m1/s1. The van der Waals surface area contributed by atoms with E-state index in [1.165, 1.54) is 5.56 Å². The quantitative estimate of drug-likeness (QED) is 0.628. The summed E-state index contributed by atoms with van der Waals surface area (Å²) in [6.45, 7) is 8.67. The van der Waals surface area contributed by atoms with Crippen LogP contribution < -0.4 is 5.32 Å². The van der Waals surface area contributed by atoms with Crippen LogP contribution in [0, 0.1) is 0 Å². The molecule has 0 spiro atoms. The third-order valence-electron chi connectivity index (χ3n) is 4.55. The first-order valence-electron chi connectivity index (χ1n) is 9.43. The number of nitrogens with one attached hydrogen (secondary N) is 1. The highest BCUT2D eigenvalue weighted by Gasteiger charge is 2.21. The van der Waals surface area contributed by atoms with Gasteiger partial charge in [0, 0.05) is 19.6 Å². The van der Waals surface area contributed by atoms with E-state index in [1.54, 1.807) is 0 Å². The van der Waals surface area contributed by atoms with Crippen molar-refractivity contribution >= 4 is 5.97 Å². The Kier molecular flexibility index (Phi) is 8.87. The number of likely N-dealkylation sites (N-methyl/N-ethyl adjacent to an activating group) is 1. The van der Waals surface area contributed by atoms with Gasteiger partial charge in [-0.15, -0.1) is 0 Å². The Morgan fingerprint density at radius 1 is 1.00 bits per heavy atom. The summed E-state index contributed by atoms with van der Waals surface area (Å²) in [5.74, 6) is -0.458. The molecule has 1 N–H and O–H groups in total. The fourth-order valence-corrected chi connectivity index (χ4v) is 2.90. The average molecular weight is 354 g/mol. The van der Waals surface area contributed by atoms with Crippen LogP contribution in [0.15, 0.2) is 60.7 Å². The van der Waals surface area contributed by atoms with Crippen LogP contribution in [0.1, 0.15) is 30.9 Å². The monoisotopic (exact) mass is 354 g/mol. The van der Waals surface area contributed by atoms with Crippen LogP contribution in [-0.2, 0) is 16.1 Å². The van der Waals surface area contributed by atoms with Gasteiger partial charge in [0.2, 0.25) is 0 Å². The van der Waals surface area contributed by atoms with Crippen LogP contribution in [-0.4, -0.2) is 43.7 Å². The number of ether oxygens (including phenoxy) is 1. The van der Waals surface area contributed by atoms with Gasteiger partial charge in [-0.25, -0.2) is 0 Å². The smallest absolute Gasteiger partial charge is 0.314 e. The second-order valence-corrected chi connectivity index (χ2v) is 6.27. The van der Waals surface area contributed by atoms with Crippen molar-refractivity contribution in [3.8, 4) is 0 Å². The van der Waals surface area contributed by atoms with Crippen molar-refractivity contribution in [3.05, 3.63) is 71.8 Å². The van der Waals surface area contributed by atoms with Crippen LogP contribution in [0.3, 0.4) is 0 Å². The molecule has 0 heterocycles. The summed E-state index contributed by atoms with van der Waals surface area (Å²) in [5.41, 5.74) is 2.19. The summed E-state index contributed by atoms with van der Waals surface area (Å²) in [6.07, 6.45) is 0. The highest BCUT2D eigenvalue weighted by atomic mass is 16.5. The minimum Gasteiger partial charge on any atom is -0.464 e. The lowest BCUT2D eigenvalue weighted by atomic mass is 9.99. The van der Waals surface area contributed by atoms with Crippen LogP contribution in [0.4, 0.5) is 0 Å². The fraction of sp³-hybridized carbons (Fsp3) is 0.409. The molecule has 2 rings (SSSR count). The van der Waals surface area contributed by atoms with Gasteiger partial charge in [-0.1, -0.05) is 74.5 Å². The van der Waals surface area contributed by atoms with Gasteiger partial charge in [0.1, 0.15) is 6.61 Å². The first kappa shape index (κ1) is 20.1. The zero-order valence-corrected chi connectivity index (χ0v) is 15.9. The number of esters is 1. The van der Waals surface area contributed by atoms with Crippen molar-refractivity contribution in [1.29, 1.82) is 0 Å². The normalized spacial score (nSPS) is 12.1. The zero-order valence-electron chi connectivity index (χ0n) is 15.9. The van der Waals surface area contributed by atoms with Crippen molar-refractivity contribution < 1.29 is 9.53 Å². The van der Waals surface area contributed by atoms with Gasteiger partial charge in [0.15, 0.2) is 0 Å². The molecule has 2 aromatic rings. The Morgan fingerprint density at radius 2 is 1.62 bits per heavy atom. The highest BCUT2D eigenvalue weighted by Crippen LogP contribution is 2.17. The van der Waals surface area contributed by atoms with E-state index in [4.69, 9.17) is 4.74 Å². The summed E-state index contributed by atoms with van der Waals surface area (Å²) in [7, 11) is 0. The minimum atomic E-state index is -0.295. The molecule has 0 saturated heterocycles. The van der Waals surface area contributed by atoms with Crippen molar-refractivity contribution in [1.82, 2.24) is 10.2 Å². The molecule has 4 heteroatoms. The van der Waals surface area contributed by atoms with Gasteiger partial charge in [0.25, 0.3) is 0 Å². The lowest BCUT2D eigenvalue weighted by Crippen LogP contribution is -2.31. The van der Waals surface area contributed by atoms with Crippen molar-refractivity contribution in [2.24, 2.45) is 0 Å². The Labute approximate surface area is 157 Å². The topological polar surface area (TPSA) is 41.6 Å². The molecule has 0 bridgehead atoms. The van der Waals surface area contributed by atoms with E-state index in [-0.39, 0.29) is 11.9 Å². The van der Waals surface area contributed by atoms with Gasteiger partial charge in [-0.3, -0.25) is 4.79 Å². The predicted octanol–water partition coefficient (Wildman–Crippen LogP) is 3.45. The van der Waals surface area contributed by atoms with Crippen LogP contribution in [0.25, 0.3) is 0 Å². The molecule has 0 aliphatic heterocycles.